The zero-order valence-electron chi connectivity index (χ0n) is 13.9. The van der Waals surface area contributed by atoms with E-state index >= 15 is 0 Å². The van der Waals surface area contributed by atoms with Crippen LogP contribution in [0.4, 0.5) is 0 Å². The van der Waals surface area contributed by atoms with Crippen LogP contribution in [0.5, 0.6) is 5.75 Å². The van der Waals surface area contributed by atoms with Crippen molar-refractivity contribution in [1.29, 1.82) is 0 Å². The van der Waals surface area contributed by atoms with Crippen LogP contribution in [0.25, 0.3) is 0 Å². The third-order valence-electron chi connectivity index (χ3n) is 4.18. The van der Waals surface area contributed by atoms with Crippen molar-refractivity contribution in [2.75, 3.05) is 20.3 Å². The number of nitrogens with zero attached hydrogens (tertiary/aromatic N) is 1. The summed E-state index contributed by atoms with van der Waals surface area (Å²) < 4.78 is 10.4. The van der Waals surface area contributed by atoms with Gasteiger partial charge >= 0.3 is 5.97 Å². The maximum atomic E-state index is 12.1. The molecule has 1 aliphatic heterocycles. The summed E-state index contributed by atoms with van der Waals surface area (Å²) >= 11 is 0. The minimum absolute atomic E-state index is 0.0983. The Morgan fingerprint density at radius 1 is 1.14 bits per heavy atom. The van der Waals surface area contributed by atoms with Crippen LogP contribution < -0.4 is 4.74 Å². The van der Waals surface area contributed by atoms with E-state index < -0.39 is 0 Å². The van der Waals surface area contributed by atoms with Gasteiger partial charge in [-0.2, -0.15) is 0 Å². The fourth-order valence-electron chi connectivity index (χ4n) is 2.94. The van der Waals surface area contributed by atoms with E-state index in [9.17, 15) is 4.79 Å². The molecule has 4 heteroatoms. The van der Waals surface area contributed by atoms with Crippen LogP contribution in [-0.2, 0) is 9.53 Å². The molecule has 3 atom stereocenters. The molecule has 0 saturated carbocycles. The third-order valence-corrected chi connectivity index (χ3v) is 4.18. The van der Waals surface area contributed by atoms with Gasteiger partial charge in [-0.1, -0.05) is 38.3 Å². The highest BCUT2D eigenvalue weighted by molar-refractivity contribution is 5.80. The number of benzene rings is 1. The minimum Gasteiger partial charge on any atom is -0.497 e. The number of methoxy groups -OCH3 is 1. The molecule has 0 radical (unpaired) electrons. The Labute approximate surface area is 133 Å². The third kappa shape index (κ3) is 4.01. The van der Waals surface area contributed by atoms with Gasteiger partial charge in [0.1, 0.15) is 11.8 Å². The second-order valence-corrected chi connectivity index (χ2v) is 5.71. The Bertz CT molecular complexity index is 472. The smallest absolute Gasteiger partial charge is 0.325 e. The van der Waals surface area contributed by atoms with E-state index in [0.717, 1.165) is 24.3 Å². The number of ether oxygens (including phenoxy) is 2. The van der Waals surface area contributed by atoms with Crippen molar-refractivity contribution < 1.29 is 14.3 Å². The first kappa shape index (κ1) is 16.8. The number of rotatable bonds is 9. The Hall–Kier alpha value is -1.55. The molecule has 22 heavy (non-hydrogen) atoms. The largest absolute Gasteiger partial charge is 0.497 e. The number of unbranched alkanes of at least 4 members (excludes halogenated alkanes) is 3. The van der Waals surface area contributed by atoms with E-state index in [-0.39, 0.29) is 18.1 Å². The van der Waals surface area contributed by atoms with Crippen LogP contribution in [0, 0.1) is 0 Å². The molecule has 2 rings (SSSR count). The lowest BCUT2D eigenvalue weighted by Crippen LogP contribution is -2.16. The standard InChI is InChI=1S/C18H27NO3/c1-4-6-7-8-13-19-16(17(19)18(20)22-5-2)14-9-11-15(21-3)12-10-14/h9-12,16-17H,4-8,13H2,1-3H3/t16-,17+,19?/m0/s1. The SMILES string of the molecule is CCCCCCN1[C@@H](C(=O)OCC)[C@@H]1c1ccc(OC)cc1. The first-order valence-corrected chi connectivity index (χ1v) is 8.29. The summed E-state index contributed by atoms with van der Waals surface area (Å²) in [6, 6.07) is 8.03. The van der Waals surface area contributed by atoms with Crippen LogP contribution in [0.2, 0.25) is 0 Å². The molecule has 0 N–H and O–H groups in total. The maximum absolute atomic E-state index is 12.1. The van der Waals surface area contributed by atoms with Gasteiger partial charge in [0.2, 0.25) is 0 Å². The van der Waals surface area contributed by atoms with Gasteiger partial charge in [-0.25, -0.2) is 0 Å². The van der Waals surface area contributed by atoms with Crippen molar-refractivity contribution in [3.63, 3.8) is 0 Å². The summed E-state index contributed by atoms with van der Waals surface area (Å²) in [5.74, 6) is 0.741. The molecular formula is C18H27NO3. The number of hydrogen-bond acceptors (Lipinski definition) is 4. The average Bonchev–Trinajstić information content (AvgIpc) is 3.26. The lowest BCUT2D eigenvalue weighted by Gasteiger charge is -2.04. The number of carbonyl (C=O) groups excluding carboxylic acids is 1. The zero-order valence-corrected chi connectivity index (χ0v) is 13.9. The van der Waals surface area contributed by atoms with Crippen molar-refractivity contribution in [2.45, 2.75) is 51.6 Å². The predicted octanol–water partition coefficient (Wildman–Crippen LogP) is 3.56. The molecule has 122 valence electrons. The van der Waals surface area contributed by atoms with Crippen molar-refractivity contribution in [1.82, 2.24) is 4.90 Å². The van der Waals surface area contributed by atoms with Crippen molar-refractivity contribution in [3.05, 3.63) is 29.8 Å². The molecule has 0 spiro atoms. The molecule has 0 aliphatic carbocycles. The fourth-order valence-corrected chi connectivity index (χ4v) is 2.94. The molecule has 0 aromatic heterocycles. The van der Waals surface area contributed by atoms with E-state index in [4.69, 9.17) is 9.47 Å². The molecule has 1 aromatic rings. The normalized spacial score (nSPS) is 23.1. The fraction of sp³-hybridized carbons (Fsp3) is 0.611. The molecule has 1 saturated heterocycles. The van der Waals surface area contributed by atoms with Gasteiger partial charge in [-0.05, 0) is 37.6 Å². The van der Waals surface area contributed by atoms with E-state index in [0.29, 0.717) is 6.61 Å². The highest BCUT2D eigenvalue weighted by Crippen LogP contribution is 2.44. The van der Waals surface area contributed by atoms with E-state index in [1.54, 1.807) is 7.11 Å². The van der Waals surface area contributed by atoms with Gasteiger partial charge in [0, 0.05) is 0 Å². The summed E-state index contributed by atoms with van der Waals surface area (Å²) in [5, 5.41) is 0. The second kappa shape index (κ2) is 8.18. The summed E-state index contributed by atoms with van der Waals surface area (Å²) in [4.78, 5) is 14.4. The monoisotopic (exact) mass is 305 g/mol. The molecule has 1 fully saturated rings. The van der Waals surface area contributed by atoms with E-state index in [1.165, 1.54) is 19.3 Å². The lowest BCUT2D eigenvalue weighted by atomic mass is 10.1. The summed E-state index contributed by atoms with van der Waals surface area (Å²) in [6.07, 6.45) is 4.84. The van der Waals surface area contributed by atoms with Gasteiger partial charge in [0.15, 0.2) is 0 Å². The molecule has 1 heterocycles. The Morgan fingerprint density at radius 2 is 1.86 bits per heavy atom. The summed E-state index contributed by atoms with van der Waals surface area (Å²) in [7, 11) is 1.66. The van der Waals surface area contributed by atoms with Gasteiger partial charge < -0.3 is 9.47 Å². The van der Waals surface area contributed by atoms with Crippen molar-refractivity contribution in [2.24, 2.45) is 0 Å². The molecule has 0 bridgehead atoms. The van der Waals surface area contributed by atoms with Crippen molar-refractivity contribution >= 4 is 5.97 Å². The molecule has 0 amide bonds. The van der Waals surface area contributed by atoms with Crippen molar-refractivity contribution in [3.8, 4) is 5.75 Å². The zero-order chi connectivity index (χ0) is 15.9. The average molecular weight is 305 g/mol. The highest BCUT2D eigenvalue weighted by Gasteiger charge is 2.53. The van der Waals surface area contributed by atoms with Crippen LogP contribution in [0.15, 0.2) is 24.3 Å². The Balaban J connectivity index is 1.99. The Kier molecular flexibility index (Phi) is 6.25. The minimum atomic E-state index is -0.116. The van der Waals surface area contributed by atoms with E-state index in [2.05, 4.69) is 11.8 Å². The molecule has 1 unspecified atom stereocenters. The number of hydrogen-bond donors (Lipinski definition) is 0. The maximum Gasteiger partial charge on any atom is 0.325 e. The van der Waals surface area contributed by atoms with E-state index in [1.807, 2.05) is 31.2 Å². The van der Waals surface area contributed by atoms with Crippen LogP contribution >= 0.6 is 0 Å². The highest BCUT2D eigenvalue weighted by atomic mass is 16.5. The predicted molar refractivity (Wildman–Crippen MR) is 87.0 cm³/mol. The molecular weight excluding hydrogens is 278 g/mol. The number of esters is 1. The molecule has 4 nitrogen and oxygen atoms in total. The quantitative estimate of drug-likeness (QED) is 0.397. The summed E-state index contributed by atoms with van der Waals surface area (Å²) in [6.45, 7) is 5.46. The molecule has 1 aliphatic rings. The molecule has 1 aromatic carbocycles. The van der Waals surface area contributed by atoms with Gasteiger partial charge in [0.05, 0.1) is 19.8 Å². The van der Waals surface area contributed by atoms with Crippen LogP contribution in [0.3, 0.4) is 0 Å². The first-order valence-electron chi connectivity index (χ1n) is 8.29. The van der Waals surface area contributed by atoms with Crippen LogP contribution in [0.1, 0.15) is 51.1 Å². The second-order valence-electron chi connectivity index (χ2n) is 5.71. The first-order chi connectivity index (χ1) is 10.7. The number of carbonyl (C=O) groups is 1. The summed E-state index contributed by atoms with van der Waals surface area (Å²) in [5.41, 5.74) is 1.16. The van der Waals surface area contributed by atoms with Gasteiger partial charge in [-0.15, -0.1) is 0 Å². The lowest BCUT2D eigenvalue weighted by molar-refractivity contribution is -0.143. The van der Waals surface area contributed by atoms with Gasteiger partial charge in [0.25, 0.3) is 0 Å². The Morgan fingerprint density at radius 3 is 2.45 bits per heavy atom. The topological polar surface area (TPSA) is 38.5 Å². The van der Waals surface area contributed by atoms with Crippen LogP contribution in [-0.4, -0.2) is 37.2 Å². The van der Waals surface area contributed by atoms with Gasteiger partial charge in [-0.3, -0.25) is 9.69 Å².